The van der Waals surface area contributed by atoms with Crippen LogP contribution in [0.15, 0.2) is 41.1 Å². The fourth-order valence-electron chi connectivity index (χ4n) is 2.00. The second kappa shape index (κ2) is 5.99. The number of aliphatic hydroxyl groups excluding tert-OH is 1. The first kappa shape index (κ1) is 12.3. The minimum Gasteiger partial charge on any atom is -0.396 e. The Morgan fingerprint density at radius 3 is 2.35 bits per heavy atom. The zero-order valence-corrected chi connectivity index (χ0v) is 10.9. The van der Waals surface area contributed by atoms with E-state index in [-0.39, 0.29) is 6.61 Å². The summed E-state index contributed by atoms with van der Waals surface area (Å²) in [4.78, 5) is 0. The lowest BCUT2D eigenvalue weighted by atomic mass is 9.94. The third-order valence-electron chi connectivity index (χ3n) is 3.01. The van der Waals surface area contributed by atoms with Crippen molar-refractivity contribution in [3.8, 4) is 0 Å². The van der Waals surface area contributed by atoms with Gasteiger partial charge in [0.2, 0.25) is 0 Å². The van der Waals surface area contributed by atoms with E-state index in [1.54, 1.807) is 11.3 Å². The van der Waals surface area contributed by atoms with Crippen molar-refractivity contribution in [2.24, 2.45) is 5.92 Å². The summed E-state index contributed by atoms with van der Waals surface area (Å²) in [5.41, 5.74) is 3.93. The highest BCUT2D eigenvalue weighted by Gasteiger charge is 2.09. The highest BCUT2D eigenvalue weighted by atomic mass is 32.1. The summed E-state index contributed by atoms with van der Waals surface area (Å²) in [6.45, 7) is 2.35. The van der Waals surface area contributed by atoms with E-state index < -0.39 is 0 Å². The molecule has 2 rings (SSSR count). The number of thiophene rings is 1. The topological polar surface area (TPSA) is 20.2 Å². The second-order valence-corrected chi connectivity index (χ2v) is 5.35. The molecule has 17 heavy (non-hydrogen) atoms. The Kier molecular flexibility index (Phi) is 4.35. The Hall–Kier alpha value is -1.12. The lowest BCUT2D eigenvalue weighted by Crippen LogP contribution is -2.12. The molecule has 2 heteroatoms. The first-order valence-electron chi connectivity index (χ1n) is 5.95. The molecule has 0 bridgehead atoms. The predicted molar refractivity (Wildman–Crippen MR) is 73.5 cm³/mol. The lowest BCUT2D eigenvalue weighted by Gasteiger charge is -2.13. The van der Waals surface area contributed by atoms with Crippen LogP contribution in [-0.4, -0.2) is 11.7 Å². The highest BCUT2D eigenvalue weighted by Crippen LogP contribution is 2.16. The Bertz CT molecular complexity index is 430. The first-order valence-corrected chi connectivity index (χ1v) is 6.89. The molecule has 0 saturated carbocycles. The maximum Gasteiger partial charge on any atom is 0.0465 e. The zero-order chi connectivity index (χ0) is 12.1. The van der Waals surface area contributed by atoms with E-state index in [0.717, 1.165) is 12.8 Å². The van der Waals surface area contributed by atoms with Gasteiger partial charge in [0.1, 0.15) is 0 Å². The van der Waals surface area contributed by atoms with E-state index in [2.05, 4.69) is 48.0 Å². The van der Waals surface area contributed by atoms with Gasteiger partial charge in [-0.1, -0.05) is 29.8 Å². The standard InChI is InChI=1S/C15H18OS/c1-12-2-4-13(5-3-12)8-15(10-16)9-14-6-7-17-11-14/h2-7,11,15-16H,8-10H2,1H3. The number of aryl methyl sites for hydroxylation is 1. The molecule has 0 aliphatic carbocycles. The number of hydrogen-bond acceptors (Lipinski definition) is 2. The van der Waals surface area contributed by atoms with Crippen molar-refractivity contribution < 1.29 is 5.11 Å². The molecule has 1 atom stereocenters. The van der Waals surface area contributed by atoms with Crippen LogP contribution in [0, 0.1) is 12.8 Å². The second-order valence-electron chi connectivity index (χ2n) is 4.57. The number of aliphatic hydroxyl groups is 1. The van der Waals surface area contributed by atoms with Crippen LogP contribution in [0.25, 0.3) is 0 Å². The Morgan fingerprint density at radius 2 is 1.76 bits per heavy atom. The average Bonchev–Trinajstić information content (AvgIpc) is 2.84. The van der Waals surface area contributed by atoms with Gasteiger partial charge in [-0.05, 0) is 53.6 Å². The molecule has 0 radical (unpaired) electrons. The summed E-state index contributed by atoms with van der Waals surface area (Å²) in [5.74, 6) is 0.326. The summed E-state index contributed by atoms with van der Waals surface area (Å²) in [5, 5.41) is 13.7. The van der Waals surface area contributed by atoms with E-state index in [9.17, 15) is 5.11 Å². The van der Waals surface area contributed by atoms with Crippen molar-refractivity contribution in [2.45, 2.75) is 19.8 Å². The highest BCUT2D eigenvalue weighted by molar-refractivity contribution is 7.07. The molecule has 1 unspecified atom stereocenters. The maximum atomic E-state index is 9.44. The third-order valence-corrected chi connectivity index (χ3v) is 3.74. The largest absolute Gasteiger partial charge is 0.396 e. The molecule has 0 saturated heterocycles. The SMILES string of the molecule is Cc1ccc(CC(CO)Cc2ccsc2)cc1. The molecule has 1 aromatic carbocycles. The number of rotatable bonds is 5. The maximum absolute atomic E-state index is 9.44. The van der Waals surface area contributed by atoms with Crippen molar-refractivity contribution in [3.63, 3.8) is 0 Å². The van der Waals surface area contributed by atoms with Gasteiger partial charge in [-0.15, -0.1) is 0 Å². The van der Waals surface area contributed by atoms with Crippen LogP contribution in [0.3, 0.4) is 0 Å². The van der Waals surface area contributed by atoms with Crippen molar-refractivity contribution >= 4 is 11.3 Å². The Labute approximate surface area is 107 Å². The van der Waals surface area contributed by atoms with Crippen molar-refractivity contribution in [2.75, 3.05) is 6.61 Å². The monoisotopic (exact) mass is 246 g/mol. The summed E-state index contributed by atoms with van der Waals surface area (Å²) in [7, 11) is 0. The van der Waals surface area contributed by atoms with Crippen LogP contribution in [0.4, 0.5) is 0 Å². The molecule has 1 aromatic heterocycles. The number of hydrogen-bond donors (Lipinski definition) is 1. The smallest absolute Gasteiger partial charge is 0.0465 e. The quantitative estimate of drug-likeness (QED) is 0.856. The van der Waals surface area contributed by atoms with E-state index in [1.165, 1.54) is 16.7 Å². The minimum absolute atomic E-state index is 0.254. The molecule has 1 nitrogen and oxygen atoms in total. The van der Waals surface area contributed by atoms with Gasteiger partial charge >= 0.3 is 0 Å². The van der Waals surface area contributed by atoms with Gasteiger partial charge in [-0.2, -0.15) is 11.3 Å². The predicted octanol–water partition coefficient (Wildman–Crippen LogP) is 3.45. The Balaban J connectivity index is 1.97. The fraction of sp³-hybridized carbons (Fsp3) is 0.333. The third kappa shape index (κ3) is 3.69. The van der Waals surface area contributed by atoms with Gasteiger partial charge in [0.15, 0.2) is 0 Å². The molecule has 0 aliphatic heterocycles. The Morgan fingerprint density at radius 1 is 1.06 bits per heavy atom. The van der Waals surface area contributed by atoms with E-state index in [1.807, 2.05) is 0 Å². The fourth-order valence-corrected chi connectivity index (χ4v) is 2.68. The van der Waals surface area contributed by atoms with Crippen molar-refractivity contribution in [1.29, 1.82) is 0 Å². The summed E-state index contributed by atoms with van der Waals surface area (Å²) >= 11 is 1.72. The summed E-state index contributed by atoms with van der Waals surface area (Å²) in [6, 6.07) is 10.7. The van der Waals surface area contributed by atoms with Crippen LogP contribution < -0.4 is 0 Å². The molecule has 1 heterocycles. The molecule has 0 amide bonds. The van der Waals surface area contributed by atoms with Gasteiger partial charge in [0.05, 0.1) is 0 Å². The number of benzene rings is 1. The molecule has 90 valence electrons. The van der Waals surface area contributed by atoms with Crippen molar-refractivity contribution in [3.05, 3.63) is 57.8 Å². The molecule has 0 spiro atoms. The van der Waals surface area contributed by atoms with Gasteiger partial charge in [0.25, 0.3) is 0 Å². The van der Waals surface area contributed by atoms with Gasteiger partial charge in [-0.25, -0.2) is 0 Å². The first-order chi connectivity index (χ1) is 8.28. The van der Waals surface area contributed by atoms with Crippen molar-refractivity contribution in [1.82, 2.24) is 0 Å². The van der Waals surface area contributed by atoms with E-state index >= 15 is 0 Å². The minimum atomic E-state index is 0.254. The van der Waals surface area contributed by atoms with Gasteiger partial charge in [0, 0.05) is 6.61 Å². The normalized spacial score (nSPS) is 12.6. The molecule has 0 aliphatic rings. The molecule has 0 fully saturated rings. The zero-order valence-electron chi connectivity index (χ0n) is 10.1. The van der Waals surface area contributed by atoms with E-state index in [0.29, 0.717) is 5.92 Å². The van der Waals surface area contributed by atoms with Crippen LogP contribution in [0.5, 0.6) is 0 Å². The lowest BCUT2D eigenvalue weighted by molar-refractivity contribution is 0.225. The molecular weight excluding hydrogens is 228 g/mol. The van der Waals surface area contributed by atoms with Gasteiger partial charge in [-0.3, -0.25) is 0 Å². The molecule has 2 aromatic rings. The molecular formula is C15H18OS. The van der Waals surface area contributed by atoms with E-state index in [4.69, 9.17) is 0 Å². The summed E-state index contributed by atoms with van der Waals surface area (Å²) < 4.78 is 0. The summed E-state index contributed by atoms with van der Waals surface area (Å²) in [6.07, 6.45) is 1.92. The van der Waals surface area contributed by atoms with Crippen LogP contribution >= 0.6 is 11.3 Å². The van der Waals surface area contributed by atoms with Gasteiger partial charge < -0.3 is 5.11 Å². The molecule has 1 N–H and O–H groups in total. The van der Waals surface area contributed by atoms with Crippen LogP contribution in [0.2, 0.25) is 0 Å². The van der Waals surface area contributed by atoms with Crippen LogP contribution in [0.1, 0.15) is 16.7 Å². The average molecular weight is 246 g/mol. The van der Waals surface area contributed by atoms with Crippen LogP contribution in [-0.2, 0) is 12.8 Å².